The van der Waals surface area contributed by atoms with Gasteiger partial charge < -0.3 is 9.15 Å². The SMILES string of the molecule is CCCC(S)N1C(=CC=Cc2oc3ccccc3[n+]2C(S)CCC)Oc2ccccc21. The smallest absolute Gasteiger partial charge is 0.375 e. The second kappa shape index (κ2) is 9.88. The molecule has 0 saturated carbocycles. The highest BCUT2D eigenvalue weighted by molar-refractivity contribution is 7.81. The van der Waals surface area contributed by atoms with Crippen LogP contribution >= 0.6 is 25.3 Å². The van der Waals surface area contributed by atoms with E-state index in [-0.39, 0.29) is 10.7 Å². The predicted molar refractivity (Wildman–Crippen MR) is 134 cm³/mol. The summed E-state index contributed by atoms with van der Waals surface area (Å²) in [6.45, 7) is 4.33. The molecule has 4 rings (SSSR count). The molecule has 0 bridgehead atoms. The van der Waals surface area contributed by atoms with Crippen molar-refractivity contribution < 1.29 is 13.7 Å². The van der Waals surface area contributed by atoms with Crippen LogP contribution in [0.4, 0.5) is 5.69 Å². The molecule has 0 N–H and O–H groups in total. The quantitative estimate of drug-likeness (QED) is 0.292. The molecule has 2 unspecified atom stereocenters. The fourth-order valence-corrected chi connectivity index (χ4v) is 4.87. The van der Waals surface area contributed by atoms with Crippen LogP contribution in [0.5, 0.6) is 5.75 Å². The van der Waals surface area contributed by atoms with Crippen molar-refractivity contribution >= 4 is 48.1 Å². The lowest BCUT2D eigenvalue weighted by Crippen LogP contribution is -2.38. The van der Waals surface area contributed by atoms with Gasteiger partial charge in [0.2, 0.25) is 16.8 Å². The van der Waals surface area contributed by atoms with Gasteiger partial charge in [0.15, 0.2) is 5.75 Å². The second-order valence-corrected chi connectivity index (χ2v) is 8.81. The molecule has 0 spiro atoms. The summed E-state index contributed by atoms with van der Waals surface area (Å²) < 4.78 is 14.4. The van der Waals surface area contributed by atoms with Crippen LogP contribution in [0.15, 0.2) is 71.0 Å². The number of nitrogens with zero attached hydrogens (tertiary/aromatic N) is 2. The molecule has 2 aromatic carbocycles. The lowest BCUT2D eigenvalue weighted by molar-refractivity contribution is -0.681. The highest BCUT2D eigenvalue weighted by Crippen LogP contribution is 2.41. The standard InChI is InChI=1S/C25H28N2O2S2/c1-3-10-24(30)26-18-12-5-7-14-20(18)28-22(26)16-9-17-23-27(25(31)11-4-2)19-13-6-8-15-21(19)29-23/h5-9,12-17,24-25H,3-4,10-11H2,1-2H3,(H-,30,31)/p+1. The Morgan fingerprint density at radius 2 is 1.74 bits per heavy atom. The molecule has 4 nitrogen and oxygen atoms in total. The van der Waals surface area contributed by atoms with Gasteiger partial charge in [-0.3, -0.25) is 4.90 Å². The lowest BCUT2D eigenvalue weighted by atomic mass is 10.2. The van der Waals surface area contributed by atoms with E-state index in [2.05, 4.69) is 35.4 Å². The molecule has 0 fully saturated rings. The third kappa shape index (κ3) is 4.51. The molecule has 6 heteroatoms. The zero-order chi connectivity index (χ0) is 21.8. The average molecular weight is 454 g/mol. The van der Waals surface area contributed by atoms with Gasteiger partial charge in [-0.1, -0.05) is 44.5 Å². The zero-order valence-electron chi connectivity index (χ0n) is 17.9. The Hall–Kier alpha value is -2.31. The molecule has 2 heterocycles. The van der Waals surface area contributed by atoms with Gasteiger partial charge in [0.05, 0.1) is 17.1 Å². The Morgan fingerprint density at radius 1 is 1.00 bits per heavy atom. The molecule has 2 atom stereocenters. The van der Waals surface area contributed by atoms with Gasteiger partial charge in [-0.2, -0.15) is 12.6 Å². The Bertz CT molecular complexity index is 1110. The van der Waals surface area contributed by atoms with E-state index in [0.717, 1.165) is 60.0 Å². The maximum atomic E-state index is 6.13. The van der Waals surface area contributed by atoms with E-state index in [0.29, 0.717) is 0 Å². The molecule has 1 aliphatic rings. The van der Waals surface area contributed by atoms with Crippen molar-refractivity contribution in [1.29, 1.82) is 0 Å². The molecule has 0 saturated heterocycles. The largest absolute Gasteiger partial charge is 0.439 e. The van der Waals surface area contributed by atoms with E-state index in [1.165, 1.54) is 0 Å². The summed E-state index contributed by atoms with van der Waals surface area (Å²) in [6.07, 6.45) is 9.95. The van der Waals surface area contributed by atoms with Crippen molar-refractivity contribution in [3.8, 4) is 5.75 Å². The van der Waals surface area contributed by atoms with Crippen LogP contribution < -0.4 is 14.2 Å². The minimum Gasteiger partial charge on any atom is -0.439 e. The van der Waals surface area contributed by atoms with Gasteiger partial charge in [-0.25, -0.2) is 0 Å². The molecule has 3 aromatic rings. The summed E-state index contributed by atoms with van der Waals surface area (Å²) in [7, 11) is 0. The number of ether oxygens (including phenoxy) is 1. The number of anilines is 1. The van der Waals surface area contributed by atoms with Gasteiger partial charge in [0, 0.05) is 12.5 Å². The minimum absolute atomic E-state index is 0.0517. The molecule has 1 aliphatic heterocycles. The number of allylic oxidation sites excluding steroid dienone is 2. The van der Waals surface area contributed by atoms with E-state index in [1.807, 2.05) is 54.6 Å². The van der Waals surface area contributed by atoms with E-state index >= 15 is 0 Å². The van der Waals surface area contributed by atoms with Crippen molar-refractivity contribution in [2.75, 3.05) is 4.90 Å². The first kappa shape index (κ1) is 21.9. The third-order valence-electron chi connectivity index (χ3n) is 5.32. The summed E-state index contributed by atoms with van der Waals surface area (Å²) in [6, 6.07) is 16.1. The van der Waals surface area contributed by atoms with Crippen molar-refractivity contribution in [2.45, 2.75) is 50.3 Å². The summed E-state index contributed by atoms with van der Waals surface area (Å²) in [5.74, 6) is 2.39. The molecule has 0 amide bonds. The summed E-state index contributed by atoms with van der Waals surface area (Å²) in [5, 5.41) is 0.103. The second-order valence-electron chi connectivity index (χ2n) is 7.62. The van der Waals surface area contributed by atoms with E-state index < -0.39 is 0 Å². The van der Waals surface area contributed by atoms with Crippen LogP contribution in [0.2, 0.25) is 0 Å². The summed E-state index contributed by atoms with van der Waals surface area (Å²) >= 11 is 9.66. The number of para-hydroxylation sites is 4. The molecule has 0 radical (unpaired) electrons. The topological polar surface area (TPSA) is 29.5 Å². The Morgan fingerprint density at radius 3 is 2.55 bits per heavy atom. The Balaban J connectivity index is 1.67. The molecule has 31 heavy (non-hydrogen) atoms. The molecule has 162 valence electrons. The fraction of sp³-hybridized carbons (Fsp3) is 0.320. The number of benzene rings is 2. The van der Waals surface area contributed by atoms with Crippen LogP contribution in [0.1, 0.15) is 50.8 Å². The third-order valence-corrected chi connectivity index (χ3v) is 6.30. The lowest BCUT2D eigenvalue weighted by Gasteiger charge is -2.24. The monoisotopic (exact) mass is 453 g/mol. The van der Waals surface area contributed by atoms with Gasteiger partial charge >= 0.3 is 5.89 Å². The summed E-state index contributed by atoms with van der Waals surface area (Å²) in [4.78, 5) is 2.15. The van der Waals surface area contributed by atoms with Crippen molar-refractivity contribution in [1.82, 2.24) is 0 Å². The van der Waals surface area contributed by atoms with Crippen LogP contribution in [0.25, 0.3) is 17.2 Å². The van der Waals surface area contributed by atoms with Gasteiger partial charge in [0.1, 0.15) is 0 Å². The predicted octanol–water partition coefficient (Wildman–Crippen LogP) is 6.76. The van der Waals surface area contributed by atoms with E-state index in [4.69, 9.17) is 34.4 Å². The summed E-state index contributed by atoms with van der Waals surface area (Å²) in [5.41, 5.74) is 2.95. The van der Waals surface area contributed by atoms with Crippen LogP contribution in [-0.2, 0) is 0 Å². The highest BCUT2D eigenvalue weighted by atomic mass is 32.1. The van der Waals surface area contributed by atoms with Crippen LogP contribution in [-0.4, -0.2) is 5.37 Å². The number of aromatic nitrogens is 1. The first-order valence-electron chi connectivity index (χ1n) is 10.9. The van der Waals surface area contributed by atoms with E-state index in [9.17, 15) is 0 Å². The van der Waals surface area contributed by atoms with Crippen LogP contribution in [0.3, 0.4) is 0 Å². The number of oxazole rings is 1. The van der Waals surface area contributed by atoms with Crippen molar-refractivity contribution in [3.05, 3.63) is 72.5 Å². The minimum atomic E-state index is 0.0517. The maximum absolute atomic E-state index is 6.13. The number of hydrogen-bond acceptors (Lipinski definition) is 5. The first-order valence-corrected chi connectivity index (χ1v) is 11.9. The van der Waals surface area contributed by atoms with Crippen molar-refractivity contribution in [2.24, 2.45) is 0 Å². The van der Waals surface area contributed by atoms with Gasteiger partial charge in [0.25, 0.3) is 5.52 Å². The van der Waals surface area contributed by atoms with Gasteiger partial charge in [-0.05, 0) is 43.2 Å². The molecule has 0 aliphatic carbocycles. The molecule has 1 aromatic heterocycles. The highest BCUT2D eigenvalue weighted by Gasteiger charge is 2.30. The molecular weight excluding hydrogens is 424 g/mol. The number of hydrogen-bond donors (Lipinski definition) is 2. The normalized spacial score (nSPS) is 16.8. The van der Waals surface area contributed by atoms with E-state index in [1.54, 1.807) is 0 Å². The van der Waals surface area contributed by atoms with Gasteiger partial charge in [-0.15, -0.1) is 17.2 Å². The first-order chi connectivity index (χ1) is 15.1. The number of fused-ring (bicyclic) bond motifs is 2. The zero-order valence-corrected chi connectivity index (χ0v) is 19.7. The number of rotatable bonds is 8. The Kier molecular flexibility index (Phi) is 6.98. The van der Waals surface area contributed by atoms with Crippen LogP contribution in [0, 0.1) is 0 Å². The fourth-order valence-electron chi connectivity index (χ4n) is 3.88. The maximum Gasteiger partial charge on any atom is 0.375 e. The molecular formula is C25H29N2O2S2+. The number of thiol groups is 2. The Labute approximate surface area is 195 Å². The average Bonchev–Trinajstić information content (AvgIpc) is 3.32. The van der Waals surface area contributed by atoms with Crippen molar-refractivity contribution in [3.63, 3.8) is 0 Å².